The number of amides is 2. The summed E-state index contributed by atoms with van der Waals surface area (Å²) in [6.45, 7) is 1.44. The molecule has 0 aliphatic carbocycles. The van der Waals surface area contributed by atoms with Crippen LogP contribution in [0.3, 0.4) is 0 Å². The number of hydrogen-bond donors (Lipinski definition) is 2. The summed E-state index contributed by atoms with van der Waals surface area (Å²) >= 11 is 0. The summed E-state index contributed by atoms with van der Waals surface area (Å²) in [4.78, 5) is 39.6. The molecular weight excluding hydrogens is 402 g/mol. The maximum Gasteiger partial charge on any atom is 0.325 e. The summed E-state index contributed by atoms with van der Waals surface area (Å²) in [5.74, 6) is -2.37. The topological polar surface area (TPSA) is 141 Å². The Balaban J connectivity index is 2.16. The molecule has 1 heterocycles. The van der Waals surface area contributed by atoms with Crippen LogP contribution in [0.25, 0.3) is 0 Å². The largest absolute Gasteiger partial charge is 0.494 e. The van der Waals surface area contributed by atoms with Crippen molar-refractivity contribution in [1.82, 2.24) is 15.0 Å². The summed E-state index contributed by atoms with van der Waals surface area (Å²) < 4.78 is 36.2. The summed E-state index contributed by atoms with van der Waals surface area (Å²) in [6.07, 6.45) is 1.03. The highest BCUT2D eigenvalue weighted by Crippen LogP contribution is 2.18. The fraction of sp³-hybridized carbons (Fsp3) is 0.222. The van der Waals surface area contributed by atoms with Gasteiger partial charge in [-0.3, -0.25) is 14.4 Å². The van der Waals surface area contributed by atoms with Gasteiger partial charge in [0.05, 0.1) is 24.2 Å². The van der Waals surface area contributed by atoms with Crippen molar-refractivity contribution in [2.75, 3.05) is 20.3 Å². The van der Waals surface area contributed by atoms with Crippen LogP contribution in [0.15, 0.2) is 47.5 Å². The first kappa shape index (κ1) is 21.8. The lowest BCUT2D eigenvalue weighted by atomic mass is 10.2. The molecule has 2 aromatic rings. The normalized spacial score (nSPS) is 10.7. The summed E-state index contributed by atoms with van der Waals surface area (Å²) in [5, 5.41) is 2.31. The van der Waals surface area contributed by atoms with E-state index in [9.17, 15) is 22.8 Å². The molecule has 0 aliphatic rings. The van der Waals surface area contributed by atoms with Crippen molar-refractivity contribution in [2.24, 2.45) is 0 Å². The summed E-state index contributed by atoms with van der Waals surface area (Å²) in [7, 11) is -2.82. The number of esters is 1. The molecule has 1 aromatic carbocycles. The Labute approximate surface area is 167 Å². The number of nitrogens with zero attached hydrogens (tertiary/aromatic N) is 1. The Kier molecular flexibility index (Phi) is 7.26. The number of ether oxygens (including phenoxy) is 2. The van der Waals surface area contributed by atoms with Crippen molar-refractivity contribution in [1.29, 1.82) is 0 Å². The number of carbonyl (C=O) groups excluding carboxylic acids is 3. The maximum absolute atomic E-state index is 12.3. The molecule has 0 spiro atoms. The summed E-state index contributed by atoms with van der Waals surface area (Å²) in [5.41, 5.74) is -0.317. The second kappa shape index (κ2) is 9.64. The van der Waals surface area contributed by atoms with Crippen LogP contribution in [0, 0.1) is 0 Å². The van der Waals surface area contributed by atoms with Crippen molar-refractivity contribution in [2.45, 2.75) is 11.8 Å². The molecule has 0 fully saturated rings. The number of methoxy groups -OCH3 is 1. The third-order valence-corrected chi connectivity index (χ3v) is 4.88. The molecule has 2 amide bonds. The summed E-state index contributed by atoms with van der Waals surface area (Å²) in [6, 6.07) is 8.53. The van der Waals surface area contributed by atoms with Gasteiger partial charge in [0.15, 0.2) is 11.4 Å². The van der Waals surface area contributed by atoms with Crippen LogP contribution in [0.5, 0.6) is 5.75 Å². The number of carbonyl (C=O) groups is 3. The van der Waals surface area contributed by atoms with Gasteiger partial charge < -0.3 is 14.8 Å². The average Bonchev–Trinajstić information content (AvgIpc) is 2.72. The van der Waals surface area contributed by atoms with Gasteiger partial charge in [-0.1, -0.05) is 18.2 Å². The lowest BCUT2D eigenvalue weighted by Crippen LogP contribution is -2.32. The van der Waals surface area contributed by atoms with E-state index in [-0.39, 0.29) is 35.1 Å². The highest BCUT2D eigenvalue weighted by Gasteiger charge is 2.22. The number of hydrogen-bond acceptors (Lipinski definition) is 8. The van der Waals surface area contributed by atoms with E-state index in [1.54, 1.807) is 13.0 Å². The van der Waals surface area contributed by atoms with Crippen LogP contribution in [0.1, 0.15) is 27.8 Å². The van der Waals surface area contributed by atoms with E-state index >= 15 is 0 Å². The van der Waals surface area contributed by atoms with E-state index in [0.717, 1.165) is 6.20 Å². The van der Waals surface area contributed by atoms with Gasteiger partial charge in [-0.15, -0.1) is 0 Å². The molecule has 10 nitrogen and oxygen atoms in total. The van der Waals surface area contributed by atoms with E-state index in [1.165, 1.54) is 37.4 Å². The number of nitrogens with one attached hydrogen (secondary N) is 2. The Bertz CT molecular complexity index is 1010. The van der Waals surface area contributed by atoms with Gasteiger partial charge in [0.25, 0.3) is 21.8 Å². The van der Waals surface area contributed by atoms with Gasteiger partial charge in [-0.25, -0.2) is 18.1 Å². The van der Waals surface area contributed by atoms with Crippen LogP contribution in [0.4, 0.5) is 0 Å². The third kappa shape index (κ3) is 5.75. The van der Waals surface area contributed by atoms with E-state index in [2.05, 4.69) is 10.3 Å². The van der Waals surface area contributed by atoms with Crippen LogP contribution in [-0.4, -0.2) is 51.4 Å². The van der Waals surface area contributed by atoms with Crippen LogP contribution in [0.2, 0.25) is 0 Å². The third-order valence-electron chi connectivity index (χ3n) is 3.53. The molecule has 0 bridgehead atoms. The molecule has 154 valence electrons. The Morgan fingerprint density at radius 3 is 2.41 bits per heavy atom. The zero-order valence-corrected chi connectivity index (χ0v) is 16.5. The van der Waals surface area contributed by atoms with Gasteiger partial charge in [0.2, 0.25) is 0 Å². The first-order chi connectivity index (χ1) is 13.8. The first-order valence-electron chi connectivity index (χ1n) is 8.38. The molecule has 0 saturated carbocycles. The quantitative estimate of drug-likeness (QED) is 0.587. The zero-order chi connectivity index (χ0) is 21.4. The highest BCUT2D eigenvalue weighted by molar-refractivity contribution is 7.90. The van der Waals surface area contributed by atoms with Gasteiger partial charge >= 0.3 is 5.97 Å². The predicted molar refractivity (Wildman–Crippen MR) is 101 cm³/mol. The van der Waals surface area contributed by atoms with E-state index < -0.39 is 27.8 Å². The molecule has 0 radical (unpaired) electrons. The minimum absolute atomic E-state index is 0.0730. The minimum atomic E-state index is -4.08. The average molecular weight is 421 g/mol. The van der Waals surface area contributed by atoms with Crippen LogP contribution in [-0.2, 0) is 19.6 Å². The maximum atomic E-state index is 12.3. The second-order valence-corrected chi connectivity index (χ2v) is 7.19. The number of benzene rings is 1. The molecular formula is C18H19N3O7S. The Morgan fingerprint density at radius 2 is 1.79 bits per heavy atom. The van der Waals surface area contributed by atoms with Gasteiger partial charge in [0, 0.05) is 6.20 Å². The standard InChI is InChI=1S/C18H19N3O7S/c1-3-28-15(22)11-20-18(24)16-14(27-2)9-12(10-19-16)17(23)21-29(25,26)13-7-5-4-6-8-13/h4-10H,3,11H2,1-2H3,(H,20,24)(H,21,23). The molecule has 29 heavy (non-hydrogen) atoms. The number of sulfonamides is 1. The second-order valence-electron chi connectivity index (χ2n) is 5.51. The molecule has 2 rings (SSSR count). The van der Waals surface area contributed by atoms with Crippen LogP contribution >= 0.6 is 0 Å². The smallest absolute Gasteiger partial charge is 0.325 e. The van der Waals surface area contributed by atoms with E-state index in [4.69, 9.17) is 9.47 Å². The Hall–Kier alpha value is -3.47. The molecule has 0 atom stereocenters. The number of pyridine rings is 1. The number of rotatable bonds is 8. The van der Waals surface area contributed by atoms with Gasteiger partial charge in [0.1, 0.15) is 6.54 Å². The van der Waals surface area contributed by atoms with Crippen molar-refractivity contribution < 1.29 is 32.3 Å². The zero-order valence-electron chi connectivity index (χ0n) is 15.7. The van der Waals surface area contributed by atoms with Crippen molar-refractivity contribution in [3.8, 4) is 5.75 Å². The van der Waals surface area contributed by atoms with E-state index in [0.29, 0.717) is 0 Å². The van der Waals surface area contributed by atoms with Crippen LogP contribution < -0.4 is 14.8 Å². The lowest BCUT2D eigenvalue weighted by molar-refractivity contribution is -0.141. The molecule has 0 saturated heterocycles. The monoisotopic (exact) mass is 421 g/mol. The van der Waals surface area contributed by atoms with Crippen molar-refractivity contribution in [3.63, 3.8) is 0 Å². The van der Waals surface area contributed by atoms with Crippen molar-refractivity contribution >= 4 is 27.8 Å². The molecule has 2 N–H and O–H groups in total. The SMILES string of the molecule is CCOC(=O)CNC(=O)c1ncc(C(=O)NS(=O)(=O)c2ccccc2)cc1OC. The molecule has 0 aliphatic heterocycles. The molecule has 1 aromatic heterocycles. The molecule has 0 unspecified atom stereocenters. The fourth-order valence-electron chi connectivity index (χ4n) is 2.18. The molecule has 11 heteroatoms. The van der Waals surface area contributed by atoms with Gasteiger partial charge in [-0.2, -0.15) is 0 Å². The highest BCUT2D eigenvalue weighted by atomic mass is 32.2. The predicted octanol–water partition coefficient (Wildman–Crippen LogP) is 0.502. The van der Waals surface area contributed by atoms with E-state index in [1.807, 2.05) is 4.72 Å². The first-order valence-corrected chi connectivity index (χ1v) is 9.87. The Morgan fingerprint density at radius 1 is 1.10 bits per heavy atom. The fourth-order valence-corrected chi connectivity index (χ4v) is 3.18. The van der Waals surface area contributed by atoms with Crippen molar-refractivity contribution in [3.05, 3.63) is 53.9 Å². The minimum Gasteiger partial charge on any atom is -0.494 e. The lowest BCUT2D eigenvalue weighted by Gasteiger charge is -2.11. The van der Waals surface area contributed by atoms with Gasteiger partial charge in [-0.05, 0) is 25.1 Å². The number of aromatic nitrogens is 1.